The van der Waals surface area contributed by atoms with Gasteiger partial charge in [-0.05, 0) is 55.5 Å². The number of imide groups is 2. The first kappa shape index (κ1) is 26.9. The van der Waals surface area contributed by atoms with Crippen LogP contribution in [-0.2, 0) is 14.4 Å². The van der Waals surface area contributed by atoms with Crippen LogP contribution in [0, 0.1) is 10.1 Å². The minimum Gasteiger partial charge on any atom is -0.273 e. The molecule has 0 radical (unpaired) electrons. The Morgan fingerprint density at radius 2 is 1.67 bits per heavy atom. The molecular weight excluding hydrogens is 528 g/mol. The third-order valence-electron chi connectivity index (χ3n) is 5.54. The van der Waals surface area contributed by atoms with Gasteiger partial charge in [0.1, 0.15) is 6.42 Å². The van der Waals surface area contributed by atoms with Crippen LogP contribution in [0.4, 0.5) is 17.1 Å². The van der Waals surface area contributed by atoms with Crippen LogP contribution in [0.3, 0.4) is 0 Å². The second-order valence-electron chi connectivity index (χ2n) is 8.23. The largest absolute Gasteiger partial charge is 0.282 e. The van der Waals surface area contributed by atoms with Gasteiger partial charge in [0.25, 0.3) is 23.4 Å². The summed E-state index contributed by atoms with van der Waals surface area (Å²) in [5.41, 5.74) is 0.670. The van der Waals surface area contributed by atoms with E-state index < -0.39 is 41.0 Å². The van der Waals surface area contributed by atoms with Crippen molar-refractivity contribution >= 4 is 58.0 Å². The van der Waals surface area contributed by atoms with E-state index in [2.05, 4.69) is 15.3 Å². The summed E-state index contributed by atoms with van der Waals surface area (Å²) in [6.45, 7) is 1.46. The Morgan fingerprint density at radius 1 is 1.03 bits per heavy atom. The first-order chi connectivity index (χ1) is 18.7. The standard InChI is InChI=1S/C26H19ClN6O6/c1-16-24(29-28-19-9-13-21(14-10-19)33(38)39)26(37)32(30-16)23(35)15-22(34)31(20-11-7-18(27)8-12-20)25(36)17-5-3-2-4-6-17/h2-14,24H,15H2,1H3/t24-/m0/s1. The lowest BCUT2D eigenvalue weighted by atomic mass is 10.1. The van der Waals surface area contributed by atoms with Crippen LogP contribution in [-0.4, -0.2) is 45.3 Å². The summed E-state index contributed by atoms with van der Waals surface area (Å²) in [5.74, 6) is -3.34. The van der Waals surface area contributed by atoms with Crippen molar-refractivity contribution in [1.82, 2.24) is 5.01 Å². The van der Waals surface area contributed by atoms with Gasteiger partial charge in [0.15, 0.2) is 6.04 Å². The van der Waals surface area contributed by atoms with Crippen LogP contribution >= 0.6 is 11.6 Å². The number of hydrazone groups is 1. The molecule has 1 heterocycles. The van der Waals surface area contributed by atoms with Crippen LogP contribution < -0.4 is 4.90 Å². The highest BCUT2D eigenvalue weighted by Gasteiger charge is 2.39. The van der Waals surface area contributed by atoms with E-state index in [0.717, 1.165) is 4.90 Å². The summed E-state index contributed by atoms with van der Waals surface area (Å²) >= 11 is 5.95. The molecule has 13 heteroatoms. The minimum absolute atomic E-state index is 0.136. The number of carbonyl (C=O) groups is 4. The third-order valence-corrected chi connectivity index (χ3v) is 5.79. The first-order valence-electron chi connectivity index (χ1n) is 11.4. The van der Waals surface area contributed by atoms with E-state index in [4.69, 9.17) is 11.6 Å². The maximum absolute atomic E-state index is 13.2. The number of nitro benzene ring substituents is 1. The van der Waals surface area contributed by atoms with Gasteiger partial charge in [-0.2, -0.15) is 20.3 Å². The Balaban J connectivity index is 1.50. The predicted octanol–water partition coefficient (Wildman–Crippen LogP) is 4.71. The van der Waals surface area contributed by atoms with Gasteiger partial charge in [0.05, 0.1) is 22.0 Å². The van der Waals surface area contributed by atoms with Crippen molar-refractivity contribution in [3.05, 3.63) is 99.6 Å². The number of halogens is 1. The summed E-state index contributed by atoms with van der Waals surface area (Å²) < 4.78 is 0. The summed E-state index contributed by atoms with van der Waals surface area (Å²) in [7, 11) is 0. The average molecular weight is 547 g/mol. The molecule has 1 atom stereocenters. The number of non-ortho nitro benzene ring substituents is 1. The molecule has 1 aliphatic rings. The molecule has 0 N–H and O–H groups in total. The zero-order chi connectivity index (χ0) is 28.1. The number of nitrogens with zero attached hydrogens (tertiary/aromatic N) is 6. The molecule has 0 unspecified atom stereocenters. The van der Waals surface area contributed by atoms with Crippen LogP contribution in [0.2, 0.25) is 5.02 Å². The number of anilines is 1. The molecule has 39 heavy (non-hydrogen) atoms. The lowest BCUT2D eigenvalue weighted by Crippen LogP contribution is -2.41. The molecule has 0 aromatic heterocycles. The van der Waals surface area contributed by atoms with Gasteiger partial charge in [0, 0.05) is 22.7 Å². The van der Waals surface area contributed by atoms with E-state index in [9.17, 15) is 29.3 Å². The zero-order valence-corrected chi connectivity index (χ0v) is 21.1. The topological polar surface area (TPSA) is 155 Å². The fourth-order valence-corrected chi connectivity index (χ4v) is 3.72. The van der Waals surface area contributed by atoms with Crippen molar-refractivity contribution in [2.75, 3.05) is 4.90 Å². The number of hydrogen-bond donors (Lipinski definition) is 0. The molecule has 0 spiro atoms. The zero-order valence-electron chi connectivity index (χ0n) is 20.3. The van der Waals surface area contributed by atoms with Crippen molar-refractivity contribution in [3.8, 4) is 0 Å². The highest BCUT2D eigenvalue weighted by Crippen LogP contribution is 2.24. The van der Waals surface area contributed by atoms with E-state index >= 15 is 0 Å². The Labute approximate surface area is 226 Å². The number of azo groups is 1. The fraction of sp³-hybridized carbons (Fsp3) is 0.115. The highest BCUT2D eigenvalue weighted by atomic mass is 35.5. The molecule has 4 amide bonds. The molecule has 196 valence electrons. The second-order valence-corrected chi connectivity index (χ2v) is 8.67. The molecule has 3 aromatic rings. The average Bonchev–Trinajstić information content (AvgIpc) is 3.22. The Kier molecular flexibility index (Phi) is 7.96. The summed E-state index contributed by atoms with van der Waals surface area (Å²) in [6, 6.07) is 17.9. The SMILES string of the molecule is CC1=NN(C(=O)CC(=O)N(C(=O)c2ccccc2)c2ccc(Cl)cc2)C(=O)[C@H]1N=Nc1ccc([N+](=O)[O-])cc1. The van der Waals surface area contributed by atoms with Gasteiger partial charge in [-0.25, -0.2) is 4.90 Å². The van der Waals surface area contributed by atoms with E-state index in [-0.39, 0.29) is 28.3 Å². The Morgan fingerprint density at radius 3 is 2.28 bits per heavy atom. The van der Waals surface area contributed by atoms with Crippen LogP contribution in [0.1, 0.15) is 23.7 Å². The summed E-state index contributed by atoms with van der Waals surface area (Å²) in [6.07, 6.45) is -0.837. The van der Waals surface area contributed by atoms with Crippen LogP contribution in [0.25, 0.3) is 0 Å². The third kappa shape index (κ3) is 6.08. The number of carbonyl (C=O) groups excluding carboxylic acids is 4. The fourth-order valence-electron chi connectivity index (χ4n) is 3.59. The predicted molar refractivity (Wildman–Crippen MR) is 141 cm³/mol. The number of benzene rings is 3. The molecule has 1 aliphatic heterocycles. The van der Waals surface area contributed by atoms with E-state index in [0.29, 0.717) is 10.0 Å². The Bertz CT molecular complexity index is 1510. The maximum atomic E-state index is 13.2. The molecular formula is C26H19ClN6O6. The van der Waals surface area contributed by atoms with Crippen molar-refractivity contribution < 1.29 is 24.1 Å². The normalized spacial score (nSPS) is 14.8. The van der Waals surface area contributed by atoms with Crippen molar-refractivity contribution in [3.63, 3.8) is 0 Å². The molecule has 12 nitrogen and oxygen atoms in total. The number of hydrogen-bond acceptors (Lipinski definition) is 9. The molecule has 0 fully saturated rings. The van der Waals surface area contributed by atoms with Gasteiger partial charge in [-0.15, -0.1) is 0 Å². The highest BCUT2D eigenvalue weighted by molar-refractivity contribution is 6.31. The van der Waals surface area contributed by atoms with E-state index in [1.165, 1.54) is 67.6 Å². The number of amides is 4. The molecule has 0 saturated carbocycles. The lowest BCUT2D eigenvalue weighted by Gasteiger charge is -2.21. The minimum atomic E-state index is -1.22. The van der Waals surface area contributed by atoms with Crippen LogP contribution in [0.5, 0.6) is 0 Å². The smallest absolute Gasteiger partial charge is 0.273 e. The van der Waals surface area contributed by atoms with Gasteiger partial charge in [-0.3, -0.25) is 29.3 Å². The molecule has 0 aliphatic carbocycles. The van der Waals surface area contributed by atoms with Crippen molar-refractivity contribution in [2.45, 2.75) is 19.4 Å². The van der Waals surface area contributed by atoms with Gasteiger partial charge >= 0.3 is 0 Å². The van der Waals surface area contributed by atoms with E-state index in [1.54, 1.807) is 18.2 Å². The molecule has 0 saturated heterocycles. The molecule has 3 aromatic carbocycles. The second kappa shape index (κ2) is 11.5. The van der Waals surface area contributed by atoms with E-state index in [1.807, 2.05) is 0 Å². The van der Waals surface area contributed by atoms with Gasteiger partial charge < -0.3 is 0 Å². The van der Waals surface area contributed by atoms with Gasteiger partial charge in [0.2, 0.25) is 5.91 Å². The number of nitro groups is 1. The van der Waals surface area contributed by atoms with Gasteiger partial charge in [-0.1, -0.05) is 29.8 Å². The first-order valence-corrected chi connectivity index (χ1v) is 11.8. The quantitative estimate of drug-likeness (QED) is 0.181. The van der Waals surface area contributed by atoms with Crippen molar-refractivity contribution in [2.24, 2.45) is 15.3 Å². The molecule has 4 rings (SSSR count). The number of rotatable bonds is 7. The maximum Gasteiger partial charge on any atom is 0.282 e. The van der Waals surface area contributed by atoms with Crippen LogP contribution in [0.15, 0.2) is 94.2 Å². The Hall–Kier alpha value is -5.10. The van der Waals surface area contributed by atoms with Crippen molar-refractivity contribution in [1.29, 1.82) is 0 Å². The monoisotopic (exact) mass is 546 g/mol. The summed E-state index contributed by atoms with van der Waals surface area (Å²) in [4.78, 5) is 63.4. The lowest BCUT2D eigenvalue weighted by molar-refractivity contribution is -0.384. The summed E-state index contributed by atoms with van der Waals surface area (Å²) in [5, 5.41) is 23.5. The molecule has 0 bridgehead atoms.